The van der Waals surface area contributed by atoms with Crippen LogP contribution in [-0.2, 0) is 25.9 Å². The van der Waals surface area contributed by atoms with Gasteiger partial charge in [0.15, 0.2) is 9.84 Å². The van der Waals surface area contributed by atoms with Crippen LogP contribution in [-0.4, -0.2) is 50.0 Å². The van der Waals surface area contributed by atoms with Crippen LogP contribution < -0.4 is 0 Å². The lowest BCUT2D eigenvalue weighted by Gasteiger charge is -2.27. The highest BCUT2D eigenvalue weighted by Gasteiger charge is 2.30. The van der Waals surface area contributed by atoms with E-state index in [4.69, 9.17) is 4.74 Å². The van der Waals surface area contributed by atoms with E-state index in [2.05, 4.69) is 0 Å². The second kappa shape index (κ2) is 7.24. The summed E-state index contributed by atoms with van der Waals surface area (Å²) in [7, 11) is -3.40. The molecule has 22 heavy (non-hydrogen) atoms. The van der Waals surface area contributed by atoms with Crippen LogP contribution in [0, 0.1) is 0 Å². The van der Waals surface area contributed by atoms with Gasteiger partial charge in [-0.25, -0.2) is 8.42 Å². The zero-order valence-electron chi connectivity index (χ0n) is 13.1. The molecule has 1 aromatic rings. The third-order valence-corrected chi connectivity index (χ3v) is 5.45. The number of hydrogen-bond acceptors (Lipinski definition) is 4. The van der Waals surface area contributed by atoms with Crippen molar-refractivity contribution in [2.75, 3.05) is 19.4 Å². The highest BCUT2D eigenvalue weighted by Crippen LogP contribution is 2.17. The van der Waals surface area contributed by atoms with Gasteiger partial charge in [-0.05, 0) is 25.3 Å². The average Bonchev–Trinajstić information content (AvgIpc) is 2.98. The Morgan fingerprint density at radius 2 is 2.05 bits per heavy atom. The Balaban J connectivity index is 2.14. The van der Waals surface area contributed by atoms with Crippen LogP contribution >= 0.6 is 0 Å². The molecule has 1 fully saturated rings. The lowest BCUT2D eigenvalue weighted by molar-refractivity contribution is -0.132. The number of sulfone groups is 1. The Morgan fingerprint density at radius 3 is 2.59 bits per heavy atom. The van der Waals surface area contributed by atoms with Crippen LogP contribution in [0.25, 0.3) is 0 Å². The second-order valence-electron chi connectivity index (χ2n) is 5.81. The van der Waals surface area contributed by atoms with Gasteiger partial charge < -0.3 is 9.64 Å². The molecule has 1 aliphatic heterocycles. The van der Waals surface area contributed by atoms with Gasteiger partial charge >= 0.3 is 0 Å². The fourth-order valence-electron chi connectivity index (χ4n) is 2.51. The van der Waals surface area contributed by atoms with Crippen LogP contribution in [0.3, 0.4) is 0 Å². The summed E-state index contributed by atoms with van der Waals surface area (Å²) in [6.07, 6.45) is 2.99. The number of rotatable bonds is 6. The Hall–Kier alpha value is -1.40. The first-order chi connectivity index (χ1) is 10.4. The molecule has 0 aromatic heterocycles. The lowest BCUT2D eigenvalue weighted by atomic mass is 10.1. The van der Waals surface area contributed by atoms with Crippen LogP contribution in [0.4, 0.5) is 0 Å². The molecule has 1 saturated heterocycles. The first-order valence-electron chi connectivity index (χ1n) is 7.51. The molecular formula is C16H23NO4S. The van der Waals surface area contributed by atoms with E-state index in [1.807, 2.05) is 30.3 Å². The minimum Gasteiger partial charge on any atom is -0.376 e. The monoisotopic (exact) mass is 325 g/mol. The molecule has 0 aliphatic carbocycles. The molecular weight excluding hydrogens is 302 g/mol. The van der Waals surface area contributed by atoms with Crippen molar-refractivity contribution in [2.45, 2.75) is 37.7 Å². The predicted molar refractivity (Wildman–Crippen MR) is 85.1 cm³/mol. The van der Waals surface area contributed by atoms with Crippen LogP contribution in [0.15, 0.2) is 30.3 Å². The van der Waals surface area contributed by atoms with E-state index in [-0.39, 0.29) is 12.0 Å². The fraction of sp³-hybridized carbons (Fsp3) is 0.562. The summed E-state index contributed by atoms with van der Waals surface area (Å²) < 4.78 is 29.0. The second-order valence-corrected chi connectivity index (χ2v) is 8.18. The molecule has 0 saturated carbocycles. The van der Waals surface area contributed by atoms with Crippen molar-refractivity contribution in [3.05, 3.63) is 35.9 Å². The summed E-state index contributed by atoms with van der Waals surface area (Å²) in [4.78, 5) is 14.2. The first-order valence-corrected chi connectivity index (χ1v) is 9.46. The Labute approximate surface area is 132 Å². The molecule has 0 radical (unpaired) electrons. The molecule has 2 rings (SSSR count). The van der Waals surface area contributed by atoms with Gasteiger partial charge in [-0.15, -0.1) is 0 Å². The minimum absolute atomic E-state index is 0.000535. The largest absolute Gasteiger partial charge is 0.376 e. The first kappa shape index (κ1) is 17.0. The number of ether oxygens (including phenoxy) is 1. The van der Waals surface area contributed by atoms with Gasteiger partial charge in [0.05, 0.1) is 6.10 Å². The van der Waals surface area contributed by atoms with Gasteiger partial charge in [-0.2, -0.15) is 0 Å². The van der Waals surface area contributed by atoms with Crippen LogP contribution in [0.5, 0.6) is 0 Å². The predicted octanol–water partition coefficient (Wildman–Crippen LogP) is 1.63. The van der Waals surface area contributed by atoms with Crippen molar-refractivity contribution in [1.29, 1.82) is 0 Å². The van der Waals surface area contributed by atoms with Crippen molar-refractivity contribution in [3.8, 4) is 0 Å². The Morgan fingerprint density at radius 1 is 1.36 bits per heavy atom. The molecule has 122 valence electrons. The minimum atomic E-state index is -3.40. The molecule has 6 heteroatoms. The van der Waals surface area contributed by atoms with Crippen molar-refractivity contribution in [3.63, 3.8) is 0 Å². The Bertz CT molecular complexity index is 594. The summed E-state index contributed by atoms with van der Waals surface area (Å²) in [5.74, 6) is -0.359. The van der Waals surface area contributed by atoms with E-state index >= 15 is 0 Å². The lowest BCUT2D eigenvalue weighted by Crippen LogP contribution is -2.44. The molecule has 0 N–H and O–H groups in total. The SMILES string of the molecule is C[C@@H](C(=O)N(Cc1ccccc1)C[C@@H]1CCCO1)S(C)(=O)=O. The van der Waals surface area contributed by atoms with Crippen molar-refractivity contribution in [2.24, 2.45) is 0 Å². The van der Waals surface area contributed by atoms with Gasteiger partial charge in [0.1, 0.15) is 5.25 Å². The summed E-state index contributed by atoms with van der Waals surface area (Å²) >= 11 is 0. The zero-order valence-corrected chi connectivity index (χ0v) is 13.9. The van der Waals surface area contributed by atoms with Crippen LogP contribution in [0.2, 0.25) is 0 Å². The number of amides is 1. The third kappa shape index (κ3) is 4.55. The van der Waals surface area contributed by atoms with Crippen molar-refractivity contribution >= 4 is 15.7 Å². The Kier molecular flexibility index (Phi) is 5.58. The van der Waals surface area contributed by atoms with E-state index in [0.717, 1.165) is 24.7 Å². The van der Waals surface area contributed by atoms with Gasteiger partial charge in [0, 0.05) is 26.0 Å². The summed E-state index contributed by atoms with van der Waals surface area (Å²) in [5.41, 5.74) is 0.981. The number of benzene rings is 1. The fourth-order valence-corrected chi connectivity index (χ4v) is 3.03. The quantitative estimate of drug-likeness (QED) is 0.797. The molecule has 2 atom stereocenters. The molecule has 0 spiro atoms. The molecule has 5 nitrogen and oxygen atoms in total. The van der Waals surface area contributed by atoms with E-state index in [1.54, 1.807) is 4.90 Å². The summed E-state index contributed by atoms with van der Waals surface area (Å²) in [6.45, 7) is 3.00. The molecule has 1 heterocycles. The van der Waals surface area contributed by atoms with Crippen molar-refractivity contribution in [1.82, 2.24) is 4.90 Å². The highest BCUT2D eigenvalue weighted by molar-refractivity contribution is 7.92. The standard InChI is InChI=1S/C16H23NO4S/c1-13(22(2,19)20)16(18)17(12-15-9-6-10-21-15)11-14-7-4-3-5-8-14/h3-5,7-8,13,15H,6,9-12H2,1-2H3/t13-,15-/m0/s1. The number of carbonyl (C=O) groups excluding carboxylic acids is 1. The van der Waals surface area contributed by atoms with E-state index in [0.29, 0.717) is 19.7 Å². The number of hydrogen-bond donors (Lipinski definition) is 0. The van der Waals surface area contributed by atoms with Crippen LogP contribution in [0.1, 0.15) is 25.3 Å². The van der Waals surface area contributed by atoms with Gasteiger partial charge in [0.2, 0.25) is 5.91 Å². The maximum absolute atomic E-state index is 12.6. The third-order valence-electron chi connectivity index (χ3n) is 3.97. The van der Waals surface area contributed by atoms with Gasteiger partial charge in [0.25, 0.3) is 0 Å². The molecule has 1 amide bonds. The molecule has 0 bridgehead atoms. The maximum atomic E-state index is 12.6. The molecule has 0 unspecified atom stereocenters. The smallest absolute Gasteiger partial charge is 0.240 e. The molecule has 1 aliphatic rings. The molecule has 1 aromatic carbocycles. The maximum Gasteiger partial charge on any atom is 0.240 e. The summed E-state index contributed by atoms with van der Waals surface area (Å²) in [5, 5.41) is -1.03. The number of carbonyl (C=O) groups is 1. The summed E-state index contributed by atoms with van der Waals surface area (Å²) in [6, 6.07) is 9.59. The van der Waals surface area contributed by atoms with Gasteiger partial charge in [-0.3, -0.25) is 4.79 Å². The van der Waals surface area contributed by atoms with E-state index in [9.17, 15) is 13.2 Å². The highest BCUT2D eigenvalue weighted by atomic mass is 32.2. The average molecular weight is 325 g/mol. The van der Waals surface area contributed by atoms with Crippen molar-refractivity contribution < 1.29 is 17.9 Å². The number of nitrogens with zero attached hydrogens (tertiary/aromatic N) is 1. The topological polar surface area (TPSA) is 63.7 Å². The van der Waals surface area contributed by atoms with Gasteiger partial charge in [-0.1, -0.05) is 30.3 Å². The zero-order chi connectivity index (χ0) is 16.2. The van der Waals surface area contributed by atoms with E-state index in [1.165, 1.54) is 6.92 Å². The van der Waals surface area contributed by atoms with E-state index < -0.39 is 15.1 Å². The normalized spacial score (nSPS) is 19.8.